The van der Waals surface area contributed by atoms with Crippen molar-refractivity contribution in [2.24, 2.45) is 0 Å². The van der Waals surface area contributed by atoms with Crippen LogP contribution in [-0.4, -0.2) is 10.1 Å². The number of ether oxygens (including phenoxy) is 1. The number of halogens is 6. The Hall–Kier alpha value is -3.04. The van der Waals surface area contributed by atoms with Gasteiger partial charge in [0.25, 0.3) is 0 Å². The fourth-order valence-electron chi connectivity index (χ4n) is 3.44. The van der Waals surface area contributed by atoms with Crippen LogP contribution in [0.1, 0.15) is 68.0 Å². The zero-order chi connectivity index (χ0) is 24.9. The van der Waals surface area contributed by atoms with Crippen molar-refractivity contribution in [3.05, 3.63) is 65.0 Å². The number of alkyl halides is 6. The monoisotopic (exact) mass is 486 g/mol. The molecule has 0 bridgehead atoms. The molecule has 1 heterocycles. The lowest BCUT2D eigenvalue weighted by Gasteiger charge is -2.15. The predicted octanol–water partition coefficient (Wildman–Crippen LogP) is 8.04. The van der Waals surface area contributed by atoms with Crippen LogP contribution in [0.2, 0.25) is 0 Å². The Morgan fingerprint density at radius 3 is 2.24 bits per heavy atom. The van der Waals surface area contributed by atoms with Gasteiger partial charge in [0.05, 0.1) is 11.1 Å². The zero-order valence-corrected chi connectivity index (χ0v) is 18.6. The normalized spacial score (nSPS) is 13.2. The molecule has 0 saturated carbocycles. The third-order valence-electron chi connectivity index (χ3n) is 5.41. The lowest BCUT2D eigenvalue weighted by Crippen LogP contribution is -2.09. The summed E-state index contributed by atoms with van der Waals surface area (Å²) >= 11 is 0. The molecule has 0 saturated heterocycles. The maximum absolute atomic E-state index is 13.7. The molecule has 184 valence electrons. The van der Waals surface area contributed by atoms with Crippen LogP contribution in [-0.2, 0) is 19.0 Å². The van der Waals surface area contributed by atoms with E-state index in [0.717, 1.165) is 62.1 Å². The molecule has 0 fully saturated rings. The highest BCUT2D eigenvalue weighted by Gasteiger charge is 2.35. The number of unbranched alkanes of at least 4 members (excludes halogenated alkanes) is 1. The Morgan fingerprint density at radius 1 is 0.941 bits per heavy atom. The van der Waals surface area contributed by atoms with E-state index in [2.05, 4.69) is 17.1 Å². The summed E-state index contributed by atoms with van der Waals surface area (Å²) in [5, 5.41) is 3.85. The highest BCUT2D eigenvalue weighted by molar-refractivity contribution is 5.59. The van der Waals surface area contributed by atoms with Crippen molar-refractivity contribution >= 4 is 0 Å². The van der Waals surface area contributed by atoms with E-state index >= 15 is 0 Å². The van der Waals surface area contributed by atoms with Gasteiger partial charge < -0.3 is 9.26 Å². The van der Waals surface area contributed by atoms with Gasteiger partial charge in [-0.15, -0.1) is 0 Å². The fourth-order valence-corrected chi connectivity index (χ4v) is 3.44. The molecule has 0 aliphatic rings. The van der Waals surface area contributed by atoms with E-state index in [1.807, 2.05) is 6.92 Å². The van der Waals surface area contributed by atoms with Gasteiger partial charge >= 0.3 is 12.4 Å². The summed E-state index contributed by atoms with van der Waals surface area (Å²) in [7, 11) is 0. The zero-order valence-electron chi connectivity index (χ0n) is 18.6. The quantitative estimate of drug-likeness (QED) is 0.287. The van der Waals surface area contributed by atoms with Gasteiger partial charge in [0.15, 0.2) is 0 Å². The Bertz CT molecular complexity index is 1070. The van der Waals surface area contributed by atoms with E-state index in [0.29, 0.717) is 11.5 Å². The molecule has 1 unspecified atom stereocenters. The minimum absolute atomic E-state index is 0.0367. The van der Waals surface area contributed by atoms with Crippen LogP contribution in [0.3, 0.4) is 0 Å². The SMILES string of the molecule is CCCCC(CC)c1nc(-c2ccc(OCc3ccc(C(F)(F)F)cc3)c(C(F)(F)F)c2)no1. The molecule has 10 heteroatoms. The molecule has 3 rings (SSSR count). The average molecular weight is 486 g/mol. The second-order valence-corrected chi connectivity index (χ2v) is 7.90. The summed E-state index contributed by atoms with van der Waals surface area (Å²) in [5.74, 6) is 0.0238. The van der Waals surface area contributed by atoms with Crippen molar-refractivity contribution in [3.8, 4) is 17.1 Å². The Labute approximate surface area is 192 Å². The van der Waals surface area contributed by atoms with E-state index in [4.69, 9.17) is 9.26 Å². The summed E-state index contributed by atoms with van der Waals surface area (Å²) in [6.07, 6.45) is -5.64. The first kappa shape index (κ1) is 25.6. The van der Waals surface area contributed by atoms with Crippen LogP contribution >= 0.6 is 0 Å². The summed E-state index contributed by atoms with van der Waals surface area (Å²) < 4.78 is 89.8. The van der Waals surface area contributed by atoms with Crippen molar-refractivity contribution in [2.75, 3.05) is 0 Å². The topological polar surface area (TPSA) is 48.2 Å². The number of hydrogen-bond donors (Lipinski definition) is 0. The van der Waals surface area contributed by atoms with Crippen LogP contribution in [0.25, 0.3) is 11.4 Å². The third kappa shape index (κ3) is 6.30. The molecule has 34 heavy (non-hydrogen) atoms. The van der Waals surface area contributed by atoms with Gasteiger partial charge in [0, 0.05) is 11.5 Å². The molecule has 0 amide bonds. The minimum atomic E-state index is -4.73. The second kappa shape index (κ2) is 10.5. The van der Waals surface area contributed by atoms with Gasteiger partial charge in [-0.3, -0.25) is 0 Å². The third-order valence-corrected chi connectivity index (χ3v) is 5.41. The first-order valence-electron chi connectivity index (χ1n) is 10.9. The van der Waals surface area contributed by atoms with Gasteiger partial charge in [-0.25, -0.2) is 0 Å². The predicted molar refractivity (Wildman–Crippen MR) is 113 cm³/mol. The molecule has 0 aliphatic carbocycles. The maximum atomic E-state index is 13.7. The molecule has 3 aromatic rings. The van der Waals surface area contributed by atoms with Crippen molar-refractivity contribution < 1.29 is 35.6 Å². The molecule has 2 aromatic carbocycles. The van der Waals surface area contributed by atoms with E-state index in [-0.39, 0.29) is 23.9 Å². The highest BCUT2D eigenvalue weighted by Crippen LogP contribution is 2.39. The second-order valence-electron chi connectivity index (χ2n) is 7.90. The summed E-state index contributed by atoms with van der Waals surface area (Å²) in [6.45, 7) is 3.71. The number of aromatic nitrogens is 2. The van der Waals surface area contributed by atoms with Crippen molar-refractivity contribution in [1.82, 2.24) is 10.1 Å². The molecular formula is C24H24F6N2O2. The van der Waals surface area contributed by atoms with Gasteiger partial charge in [-0.05, 0) is 48.7 Å². The van der Waals surface area contributed by atoms with Gasteiger partial charge in [0.2, 0.25) is 11.7 Å². The smallest absolute Gasteiger partial charge is 0.419 e. The Balaban J connectivity index is 1.81. The minimum Gasteiger partial charge on any atom is -0.488 e. The molecule has 1 aromatic heterocycles. The number of nitrogens with zero attached hydrogens (tertiary/aromatic N) is 2. The van der Waals surface area contributed by atoms with Crippen LogP contribution < -0.4 is 4.74 Å². The summed E-state index contributed by atoms with van der Waals surface area (Å²) in [6, 6.07) is 7.44. The molecule has 0 aliphatic heterocycles. The molecule has 0 spiro atoms. The summed E-state index contributed by atoms with van der Waals surface area (Å²) in [4.78, 5) is 4.30. The molecule has 1 atom stereocenters. The van der Waals surface area contributed by atoms with E-state index in [1.165, 1.54) is 6.07 Å². The lowest BCUT2D eigenvalue weighted by molar-refractivity contribution is -0.139. The van der Waals surface area contributed by atoms with Crippen LogP contribution in [0.15, 0.2) is 47.0 Å². The first-order chi connectivity index (χ1) is 16.0. The first-order valence-corrected chi connectivity index (χ1v) is 10.9. The van der Waals surface area contributed by atoms with Crippen molar-refractivity contribution in [2.45, 2.75) is 64.4 Å². The number of hydrogen-bond acceptors (Lipinski definition) is 4. The molecular weight excluding hydrogens is 462 g/mol. The van der Waals surface area contributed by atoms with E-state index < -0.39 is 29.2 Å². The molecule has 0 radical (unpaired) electrons. The standard InChI is InChI=1S/C24H24F6N2O2/c1-3-5-6-16(4-2)22-31-21(32-34-22)17-9-12-20(19(13-17)24(28,29)30)33-14-15-7-10-18(11-8-15)23(25,26)27/h7-13,16H,3-6,14H2,1-2H3. The van der Waals surface area contributed by atoms with Crippen LogP contribution in [0.4, 0.5) is 26.3 Å². The number of benzene rings is 2. The molecule has 0 N–H and O–H groups in total. The van der Waals surface area contributed by atoms with Crippen molar-refractivity contribution in [3.63, 3.8) is 0 Å². The Morgan fingerprint density at radius 2 is 1.65 bits per heavy atom. The van der Waals surface area contributed by atoms with E-state index in [1.54, 1.807) is 0 Å². The van der Waals surface area contributed by atoms with Crippen LogP contribution in [0.5, 0.6) is 5.75 Å². The Kier molecular flexibility index (Phi) is 7.89. The highest BCUT2D eigenvalue weighted by atomic mass is 19.4. The largest absolute Gasteiger partial charge is 0.488 e. The van der Waals surface area contributed by atoms with Gasteiger partial charge in [0.1, 0.15) is 12.4 Å². The average Bonchev–Trinajstić information content (AvgIpc) is 3.27. The number of rotatable bonds is 9. The lowest BCUT2D eigenvalue weighted by atomic mass is 9.99. The van der Waals surface area contributed by atoms with Gasteiger partial charge in [-0.2, -0.15) is 31.3 Å². The van der Waals surface area contributed by atoms with E-state index in [9.17, 15) is 26.3 Å². The van der Waals surface area contributed by atoms with Crippen molar-refractivity contribution in [1.29, 1.82) is 0 Å². The molecule has 4 nitrogen and oxygen atoms in total. The van der Waals surface area contributed by atoms with Crippen LogP contribution in [0, 0.1) is 0 Å². The van der Waals surface area contributed by atoms with Gasteiger partial charge in [-0.1, -0.05) is 44.0 Å². The maximum Gasteiger partial charge on any atom is 0.419 e. The fraction of sp³-hybridized carbons (Fsp3) is 0.417. The summed E-state index contributed by atoms with van der Waals surface area (Å²) in [5.41, 5.74) is -1.47.